The Balaban J connectivity index is 2.33. The van der Waals surface area contributed by atoms with Gasteiger partial charge in [-0.05, 0) is 45.7 Å². The molecule has 3 nitrogen and oxygen atoms in total. The van der Waals surface area contributed by atoms with Gasteiger partial charge in [-0.3, -0.25) is 0 Å². The zero-order valence-corrected chi connectivity index (χ0v) is 12.6. The number of allylic oxidation sites excluding steroid dienone is 1. The van der Waals surface area contributed by atoms with E-state index in [0.717, 1.165) is 24.0 Å². The van der Waals surface area contributed by atoms with Crippen LogP contribution in [0.2, 0.25) is 0 Å². The van der Waals surface area contributed by atoms with Crippen LogP contribution in [0.15, 0.2) is 40.8 Å². The summed E-state index contributed by atoms with van der Waals surface area (Å²) in [5.74, 6) is 0. The zero-order chi connectivity index (χ0) is 14.0. The van der Waals surface area contributed by atoms with Gasteiger partial charge in [0.1, 0.15) is 0 Å². The van der Waals surface area contributed by atoms with Gasteiger partial charge >= 0.3 is 0 Å². The minimum atomic E-state index is -3.36. The molecular weight excluding hydrogens is 258 g/mol. The second kappa shape index (κ2) is 5.47. The number of aryl methyl sites for hydroxylation is 1. The van der Waals surface area contributed by atoms with Gasteiger partial charge in [-0.15, -0.1) is 0 Å². The normalized spacial score (nSPS) is 20.5. The summed E-state index contributed by atoms with van der Waals surface area (Å²) in [6.07, 6.45) is 3.90. The molecule has 0 spiro atoms. The summed E-state index contributed by atoms with van der Waals surface area (Å²) >= 11 is 0. The van der Waals surface area contributed by atoms with Gasteiger partial charge in [0.2, 0.25) is 10.0 Å². The molecule has 1 aliphatic rings. The van der Waals surface area contributed by atoms with Crippen LogP contribution in [0.1, 0.15) is 32.3 Å². The van der Waals surface area contributed by atoms with Crippen molar-refractivity contribution in [1.82, 2.24) is 4.31 Å². The van der Waals surface area contributed by atoms with Crippen molar-refractivity contribution >= 4 is 10.0 Å². The van der Waals surface area contributed by atoms with Crippen LogP contribution in [0, 0.1) is 6.92 Å². The van der Waals surface area contributed by atoms with Gasteiger partial charge in [-0.2, -0.15) is 4.31 Å². The second-order valence-corrected chi connectivity index (χ2v) is 7.27. The molecule has 0 radical (unpaired) electrons. The summed E-state index contributed by atoms with van der Waals surface area (Å²) in [7, 11) is -3.36. The molecule has 0 aromatic heterocycles. The lowest BCUT2D eigenvalue weighted by molar-refractivity contribution is 0.431. The molecule has 0 amide bonds. The SMILES string of the molecule is CC(C)=C[C@@H]1CCCN1S(=O)(=O)c1ccc(C)cc1. The average molecular weight is 279 g/mol. The Hall–Kier alpha value is -1.13. The van der Waals surface area contributed by atoms with Crippen molar-refractivity contribution in [2.75, 3.05) is 6.54 Å². The van der Waals surface area contributed by atoms with E-state index < -0.39 is 10.0 Å². The third kappa shape index (κ3) is 3.07. The van der Waals surface area contributed by atoms with E-state index in [9.17, 15) is 8.42 Å². The van der Waals surface area contributed by atoms with Crippen LogP contribution in [-0.4, -0.2) is 25.3 Å². The van der Waals surface area contributed by atoms with Gasteiger partial charge in [-0.25, -0.2) is 8.42 Å². The van der Waals surface area contributed by atoms with Gasteiger partial charge in [-0.1, -0.05) is 29.3 Å². The first-order valence-corrected chi connectivity index (χ1v) is 8.09. The molecule has 1 saturated heterocycles. The third-order valence-electron chi connectivity index (χ3n) is 3.40. The molecule has 2 rings (SSSR count). The van der Waals surface area contributed by atoms with E-state index in [0.29, 0.717) is 11.4 Å². The number of rotatable bonds is 3. The average Bonchev–Trinajstić information content (AvgIpc) is 2.77. The minimum Gasteiger partial charge on any atom is -0.207 e. The molecule has 1 aromatic rings. The number of benzene rings is 1. The highest BCUT2D eigenvalue weighted by Gasteiger charge is 2.33. The monoisotopic (exact) mass is 279 g/mol. The van der Waals surface area contributed by atoms with Crippen molar-refractivity contribution < 1.29 is 8.42 Å². The van der Waals surface area contributed by atoms with Crippen LogP contribution in [0.25, 0.3) is 0 Å². The first kappa shape index (κ1) is 14.3. The van der Waals surface area contributed by atoms with Crippen molar-refractivity contribution in [3.05, 3.63) is 41.5 Å². The number of nitrogens with zero attached hydrogens (tertiary/aromatic N) is 1. The zero-order valence-electron chi connectivity index (χ0n) is 11.8. The molecule has 0 bridgehead atoms. The fraction of sp³-hybridized carbons (Fsp3) is 0.467. The molecular formula is C15H21NO2S. The van der Waals surface area contributed by atoms with Crippen LogP contribution in [0.3, 0.4) is 0 Å². The molecule has 0 N–H and O–H groups in total. The predicted octanol–water partition coefficient (Wildman–Crippen LogP) is 3.11. The molecule has 4 heteroatoms. The topological polar surface area (TPSA) is 37.4 Å². The Kier molecular flexibility index (Phi) is 4.11. The van der Waals surface area contributed by atoms with E-state index in [1.165, 1.54) is 0 Å². The van der Waals surface area contributed by atoms with Gasteiger partial charge in [0, 0.05) is 12.6 Å². The van der Waals surface area contributed by atoms with E-state index in [2.05, 4.69) is 6.08 Å². The molecule has 0 unspecified atom stereocenters. The molecule has 1 aromatic carbocycles. The van der Waals surface area contributed by atoms with Gasteiger partial charge < -0.3 is 0 Å². The third-order valence-corrected chi connectivity index (χ3v) is 5.34. The number of sulfonamides is 1. The fourth-order valence-corrected chi connectivity index (χ4v) is 4.10. The van der Waals surface area contributed by atoms with E-state index in [1.54, 1.807) is 16.4 Å². The van der Waals surface area contributed by atoms with E-state index in [1.807, 2.05) is 32.9 Å². The molecule has 1 atom stereocenters. The van der Waals surface area contributed by atoms with Crippen LogP contribution in [0.5, 0.6) is 0 Å². The Morgan fingerprint density at radius 1 is 1.26 bits per heavy atom. The van der Waals surface area contributed by atoms with E-state index in [-0.39, 0.29) is 6.04 Å². The smallest absolute Gasteiger partial charge is 0.207 e. The highest BCUT2D eigenvalue weighted by Crippen LogP contribution is 2.27. The second-order valence-electron chi connectivity index (χ2n) is 5.38. The maximum Gasteiger partial charge on any atom is 0.243 e. The number of hydrogen-bond donors (Lipinski definition) is 0. The van der Waals surface area contributed by atoms with Crippen molar-refractivity contribution in [2.45, 2.75) is 44.6 Å². The van der Waals surface area contributed by atoms with Crippen molar-refractivity contribution in [1.29, 1.82) is 0 Å². The quantitative estimate of drug-likeness (QED) is 0.797. The number of hydrogen-bond acceptors (Lipinski definition) is 2. The van der Waals surface area contributed by atoms with E-state index >= 15 is 0 Å². The maximum absolute atomic E-state index is 12.6. The standard InChI is InChI=1S/C15H21NO2S/c1-12(2)11-14-5-4-10-16(14)19(17,18)15-8-6-13(3)7-9-15/h6-9,11,14H,4-5,10H2,1-3H3/t14-/m0/s1. The summed E-state index contributed by atoms with van der Waals surface area (Å²) in [5.41, 5.74) is 2.23. The maximum atomic E-state index is 12.6. The molecule has 0 aliphatic carbocycles. The molecule has 1 aliphatic heterocycles. The van der Waals surface area contributed by atoms with Crippen LogP contribution in [-0.2, 0) is 10.0 Å². The minimum absolute atomic E-state index is 0.0105. The lowest BCUT2D eigenvalue weighted by Crippen LogP contribution is -2.34. The Labute approximate surface area is 116 Å². The van der Waals surface area contributed by atoms with Crippen LogP contribution >= 0.6 is 0 Å². The predicted molar refractivity (Wildman–Crippen MR) is 77.5 cm³/mol. The first-order chi connectivity index (χ1) is 8.91. The van der Waals surface area contributed by atoms with Crippen LogP contribution < -0.4 is 0 Å². The van der Waals surface area contributed by atoms with Gasteiger partial charge in [0.15, 0.2) is 0 Å². The van der Waals surface area contributed by atoms with Crippen molar-refractivity contribution in [2.24, 2.45) is 0 Å². The molecule has 19 heavy (non-hydrogen) atoms. The van der Waals surface area contributed by atoms with E-state index in [4.69, 9.17) is 0 Å². The molecule has 104 valence electrons. The van der Waals surface area contributed by atoms with Crippen LogP contribution in [0.4, 0.5) is 0 Å². The summed E-state index contributed by atoms with van der Waals surface area (Å²) in [6.45, 7) is 6.59. The van der Waals surface area contributed by atoms with Gasteiger partial charge in [0.25, 0.3) is 0 Å². The van der Waals surface area contributed by atoms with Crippen molar-refractivity contribution in [3.63, 3.8) is 0 Å². The lowest BCUT2D eigenvalue weighted by atomic mass is 10.2. The van der Waals surface area contributed by atoms with Gasteiger partial charge in [0.05, 0.1) is 4.90 Å². The fourth-order valence-electron chi connectivity index (χ4n) is 2.46. The highest BCUT2D eigenvalue weighted by atomic mass is 32.2. The Morgan fingerprint density at radius 3 is 2.47 bits per heavy atom. The summed E-state index contributed by atoms with van der Waals surface area (Å²) < 4.78 is 26.9. The highest BCUT2D eigenvalue weighted by molar-refractivity contribution is 7.89. The Morgan fingerprint density at radius 2 is 1.89 bits per heavy atom. The molecule has 1 fully saturated rings. The molecule has 1 heterocycles. The largest absolute Gasteiger partial charge is 0.243 e. The lowest BCUT2D eigenvalue weighted by Gasteiger charge is -2.22. The van der Waals surface area contributed by atoms with Crippen molar-refractivity contribution in [3.8, 4) is 0 Å². The Bertz CT molecular complexity index is 569. The summed E-state index contributed by atoms with van der Waals surface area (Å²) in [4.78, 5) is 0.396. The first-order valence-electron chi connectivity index (χ1n) is 6.65. The molecule has 0 saturated carbocycles. The summed E-state index contributed by atoms with van der Waals surface area (Å²) in [6, 6.07) is 7.10. The summed E-state index contributed by atoms with van der Waals surface area (Å²) in [5, 5.41) is 0.